The summed E-state index contributed by atoms with van der Waals surface area (Å²) in [6.07, 6.45) is 4.00. The molecule has 3 N–H and O–H groups in total. The van der Waals surface area contributed by atoms with E-state index >= 15 is 0 Å². The van der Waals surface area contributed by atoms with Crippen molar-refractivity contribution in [3.63, 3.8) is 0 Å². The molecule has 6 heteroatoms. The Morgan fingerprint density at radius 2 is 1.93 bits per heavy atom. The van der Waals surface area contributed by atoms with E-state index in [9.17, 15) is 24.9 Å². The Morgan fingerprint density at radius 3 is 2.50 bits per heavy atom. The molecule has 6 nitrogen and oxygen atoms in total. The van der Waals surface area contributed by atoms with Gasteiger partial charge in [0.05, 0.1) is 12.2 Å². The van der Waals surface area contributed by atoms with Crippen LogP contribution in [0.25, 0.3) is 0 Å². The summed E-state index contributed by atoms with van der Waals surface area (Å²) >= 11 is 0. The molecule has 0 saturated heterocycles. The quantitative estimate of drug-likeness (QED) is 0.488. The third-order valence-corrected chi connectivity index (χ3v) is 8.20. The van der Waals surface area contributed by atoms with Gasteiger partial charge in [-0.1, -0.05) is 32.9 Å². The van der Waals surface area contributed by atoms with Gasteiger partial charge in [0.25, 0.3) is 0 Å². The molecule has 0 aromatic heterocycles. The third kappa shape index (κ3) is 2.09. The smallest absolute Gasteiger partial charge is 0.303 e. The van der Waals surface area contributed by atoms with E-state index in [4.69, 9.17) is 4.74 Å². The predicted molar refractivity (Wildman–Crippen MR) is 101 cm³/mol. The first-order valence-corrected chi connectivity index (χ1v) is 10.0. The van der Waals surface area contributed by atoms with Crippen LogP contribution in [0, 0.1) is 29.1 Å². The highest BCUT2D eigenvalue weighted by molar-refractivity contribution is 6.04. The van der Waals surface area contributed by atoms with Crippen LogP contribution in [0.1, 0.15) is 47.5 Å². The molecular weight excluding hydrogens is 360 g/mol. The fourth-order valence-corrected chi connectivity index (χ4v) is 6.85. The summed E-state index contributed by atoms with van der Waals surface area (Å²) in [6.45, 7) is 8.72. The number of fused-ring (bicyclic) bond motifs is 5. The van der Waals surface area contributed by atoms with Gasteiger partial charge >= 0.3 is 5.97 Å². The summed E-state index contributed by atoms with van der Waals surface area (Å²) < 4.78 is 5.83. The number of Topliss-reactive ketones (excluding diaryl/α,β-unsaturated/α-hetero) is 1. The largest absolute Gasteiger partial charge is 0.458 e. The van der Waals surface area contributed by atoms with Crippen molar-refractivity contribution in [1.82, 2.24) is 0 Å². The van der Waals surface area contributed by atoms with Crippen molar-refractivity contribution < 1.29 is 29.6 Å². The molecule has 4 aliphatic carbocycles. The van der Waals surface area contributed by atoms with Gasteiger partial charge in [0.1, 0.15) is 11.2 Å². The minimum Gasteiger partial charge on any atom is -0.458 e. The summed E-state index contributed by atoms with van der Waals surface area (Å²) in [4.78, 5) is 24.7. The molecule has 2 fully saturated rings. The number of esters is 1. The van der Waals surface area contributed by atoms with Crippen molar-refractivity contribution in [3.05, 3.63) is 23.3 Å². The summed E-state index contributed by atoms with van der Waals surface area (Å²) in [7, 11) is 0. The highest BCUT2D eigenvalue weighted by atomic mass is 16.6. The molecule has 0 aliphatic heterocycles. The predicted octanol–water partition coefficient (Wildman–Crippen LogP) is 1.53. The number of rotatable bonds is 2. The van der Waals surface area contributed by atoms with E-state index in [1.165, 1.54) is 6.92 Å². The molecule has 7 atom stereocenters. The number of ketones is 1. The molecule has 0 aromatic rings. The molecule has 0 radical (unpaired) electrons. The van der Waals surface area contributed by atoms with Crippen LogP contribution in [-0.2, 0) is 14.3 Å². The number of aliphatic hydroxyl groups is 3. The topological polar surface area (TPSA) is 104 Å². The fourth-order valence-electron chi connectivity index (χ4n) is 6.85. The molecule has 0 amide bonds. The molecule has 154 valence electrons. The number of carbonyl (C=O) groups is 2. The van der Waals surface area contributed by atoms with Gasteiger partial charge in [-0.3, -0.25) is 9.59 Å². The van der Waals surface area contributed by atoms with Gasteiger partial charge in [-0.15, -0.1) is 0 Å². The lowest BCUT2D eigenvalue weighted by atomic mass is 9.60. The van der Waals surface area contributed by atoms with E-state index in [0.29, 0.717) is 17.6 Å². The minimum atomic E-state index is -1.75. The third-order valence-electron chi connectivity index (χ3n) is 8.20. The van der Waals surface area contributed by atoms with Crippen LogP contribution >= 0.6 is 0 Å². The zero-order chi connectivity index (χ0) is 20.9. The van der Waals surface area contributed by atoms with Crippen LogP contribution in [0.2, 0.25) is 0 Å². The average Bonchev–Trinajstić information content (AvgIpc) is 2.99. The Kier molecular flexibility index (Phi) is 3.93. The number of aliphatic hydroxyl groups excluding tert-OH is 1. The van der Waals surface area contributed by atoms with Gasteiger partial charge in [0.2, 0.25) is 0 Å². The van der Waals surface area contributed by atoms with Crippen LogP contribution in [0.15, 0.2) is 23.3 Å². The van der Waals surface area contributed by atoms with Crippen molar-refractivity contribution in [2.24, 2.45) is 29.1 Å². The average molecular weight is 390 g/mol. The van der Waals surface area contributed by atoms with Crippen LogP contribution in [-0.4, -0.2) is 50.5 Å². The van der Waals surface area contributed by atoms with E-state index in [2.05, 4.69) is 0 Å². The van der Waals surface area contributed by atoms with E-state index < -0.39 is 28.6 Å². The molecule has 4 rings (SSSR count). The minimum absolute atomic E-state index is 0.0000834. The second-order valence-corrected chi connectivity index (χ2v) is 9.94. The number of carbonyl (C=O) groups excluding carboxylic acids is 2. The lowest BCUT2D eigenvalue weighted by molar-refractivity contribution is -0.186. The summed E-state index contributed by atoms with van der Waals surface area (Å²) in [6, 6.07) is 0. The molecule has 28 heavy (non-hydrogen) atoms. The normalized spacial score (nSPS) is 48.5. The van der Waals surface area contributed by atoms with E-state index in [-0.39, 0.29) is 42.0 Å². The lowest BCUT2D eigenvalue weighted by Gasteiger charge is -2.50. The monoisotopic (exact) mass is 390 g/mol. The Bertz CT molecular complexity index is 825. The SMILES string of the molecule is CC(=O)O[C@@]12C[C@@H](C)[C@@]3(O)C(C=C(CO)C[C@]4(O)C(=O)C(C)=CC34)C1C2(C)C. The molecular formula is C22H30O6. The highest BCUT2D eigenvalue weighted by Gasteiger charge is 2.83. The fraction of sp³-hybridized carbons (Fsp3) is 0.727. The van der Waals surface area contributed by atoms with Crippen molar-refractivity contribution in [3.8, 4) is 0 Å². The zero-order valence-electron chi connectivity index (χ0n) is 17.2. The Labute approximate surface area is 165 Å². The lowest BCUT2D eigenvalue weighted by Crippen LogP contribution is -2.61. The Balaban J connectivity index is 1.90. The first kappa shape index (κ1) is 19.8. The highest BCUT2D eigenvalue weighted by Crippen LogP contribution is 2.76. The Hall–Kier alpha value is -1.50. The number of hydrogen-bond donors (Lipinski definition) is 3. The van der Waals surface area contributed by atoms with Gasteiger partial charge in [-0.25, -0.2) is 0 Å². The van der Waals surface area contributed by atoms with Crippen LogP contribution in [0.3, 0.4) is 0 Å². The van der Waals surface area contributed by atoms with Gasteiger partial charge in [0.15, 0.2) is 5.78 Å². The Morgan fingerprint density at radius 1 is 1.29 bits per heavy atom. The van der Waals surface area contributed by atoms with Crippen molar-refractivity contribution in [2.45, 2.75) is 64.3 Å². The maximum absolute atomic E-state index is 12.8. The summed E-state index contributed by atoms with van der Waals surface area (Å²) in [5.74, 6) is -2.42. The summed E-state index contributed by atoms with van der Waals surface area (Å²) in [5.41, 5.74) is -3.19. The molecule has 4 aliphatic rings. The van der Waals surface area contributed by atoms with Gasteiger partial charge in [-0.2, -0.15) is 0 Å². The standard InChI is InChI=1S/C22H30O6/c1-11-6-16-20(26,18(11)25)9-14(10-23)7-15-17-19(4,5)21(17,28-13(3)24)8-12(2)22(15,16)27/h6-7,12,15-17,23,26-27H,8-10H2,1-5H3/t12-,15?,16?,17?,20-,21+,22-/m1/s1. The molecule has 0 spiro atoms. The molecule has 0 heterocycles. The van der Waals surface area contributed by atoms with Crippen molar-refractivity contribution in [2.75, 3.05) is 6.61 Å². The maximum atomic E-state index is 12.8. The van der Waals surface area contributed by atoms with Crippen LogP contribution in [0.4, 0.5) is 0 Å². The van der Waals surface area contributed by atoms with Crippen LogP contribution < -0.4 is 0 Å². The molecule has 0 bridgehead atoms. The second-order valence-electron chi connectivity index (χ2n) is 9.94. The number of ether oxygens (including phenoxy) is 1. The zero-order valence-corrected chi connectivity index (χ0v) is 17.2. The number of hydrogen-bond acceptors (Lipinski definition) is 6. The van der Waals surface area contributed by atoms with Gasteiger partial charge in [0, 0.05) is 36.5 Å². The first-order chi connectivity index (χ1) is 12.9. The van der Waals surface area contributed by atoms with E-state index in [1.807, 2.05) is 26.8 Å². The molecule has 0 aromatic carbocycles. The van der Waals surface area contributed by atoms with Crippen molar-refractivity contribution >= 4 is 11.8 Å². The van der Waals surface area contributed by atoms with Crippen LogP contribution in [0.5, 0.6) is 0 Å². The van der Waals surface area contributed by atoms with Gasteiger partial charge in [-0.05, 0) is 30.4 Å². The van der Waals surface area contributed by atoms with E-state index in [0.717, 1.165) is 0 Å². The maximum Gasteiger partial charge on any atom is 0.303 e. The first-order valence-electron chi connectivity index (χ1n) is 10.0. The summed E-state index contributed by atoms with van der Waals surface area (Å²) in [5, 5.41) is 33.4. The molecule has 2 saturated carbocycles. The van der Waals surface area contributed by atoms with E-state index in [1.54, 1.807) is 13.0 Å². The molecule has 3 unspecified atom stereocenters. The van der Waals surface area contributed by atoms with Gasteiger partial charge < -0.3 is 20.1 Å². The van der Waals surface area contributed by atoms with Crippen molar-refractivity contribution in [1.29, 1.82) is 0 Å². The second kappa shape index (κ2) is 5.55.